The van der Waals surface area contributed by atoms with Crippen LogP contribution in [0.1, 0.15) is 325 Å². The number of phosphoric acid groups is 2. The summed E-state index contributed by atoms with van der Waals surface area (Å²) in [7, 11) is -9.90. The first-order valence-corrected chi connectivity index (χ1v) is 37.8. The van der Waals surface area contributed by atoms with Gasteiger partial charge < -0.3 is 33.8 Å². The van der Waals surface area contributed by atoms with Crippen LogP contribution in [0.15, 0.2) is 0 Å². The van der Waals surface area contributed by atoms with Crippen molar-refractivity contribution in [3.05, 3.63) is 0 Å². The maximum absolute atomic E-state index is 13.0. The molecule has 0 aliphatic rings. The molecule has 0 aromatic heterocycles. The second kappa shape index (κ2) is 57.0. The highest BCUT2D eigenvalue weighted by Gasteiger charge is 2.30. The van der Waals surface area contributed by atoms with Gasteiger partial charge in [-0.1, -0.05) is 274 Å². The molecular weight excluding hydrogens is 1140 g/mol. The van der Waals surface area contributed by atoms with Crippen molar-refractivity contribution in [2.24, 2.45) is 23.7 Å². The molecule has 0 saturated heterocycles. The van der Waals surface area contributed by atoms with E-state index in [-0.39, 0.29) is 25.7 Å². The van der Waals surface area contributed by atoms with Crippen LogP contribution < -0.4 is 0 Å². The van der Waals surface area contributed by atoms with Gasteiger partial charge in [0.1, 0.15) is 19.3 Å². The van der Waals surface area contributed by atoms with Crippen LogP contribution in [0.25, 0.3) is 0 Å². The van der Waals surface area contributed by atoms with Gasteiger partial charge in [-0.15, -0.1) is 0 Å². The largest absolute Gasteiger partial charge is 0.472 e. The lowest BCUT2D eigenvalue weighted by atomic mass is 9.99. The van der Waals surface area contributed by atoms with E-state index >= 15 is 0 Å². The fourth-order valence-corrected chi connectivity index (χ4v) is 11.5. The van der Waals surface area contributed by atoms with E-state index in [2.05, 4.69) is 55.4 Å². The van der Waals surface area contributed by atoms with Gasteiger partial charge in [0, 0.05) is 25.7 Å². The maximum atomic E-state index is 13.0. The number of aliphatic hydroxyl groups is 1. The molecule has 4 unspecified atom stereocenters. The van der Waals surface area contributed by atoms with Gasteiger partial charge in [-0.3, -0.25) is 37.3 Å². The molecule has 17 nitrogen and oxygen atoms in total. The first-order chi connectivity index (χ1) is 41.2. The summed E-state index contributed by atoms with van der Waals surface area (Å²) in [6.45, 7) is 14.0. The lowest BCUT2D eigenvalue weighted by molar-refractivity contribution is -0.161. The average molecular weight is 1270 g/mol. The molecule has 0 aliphatic heterocycles. The number of rotatable bonds is 64. The Labute approximate surface area is 524 Å². The van der Waals surface area contributed by atoms with Crippen LogP contribution in [0.3, 0.4) is 0 Å². The molecule has 0 saturated carbocycles. The van der Waals surface area contributed by atoms with E-state index < -0.39 is 97.5 Å². The third-order valence-electron chi connectivity index (χ3n) is 16.0. The number of carbonyl (C=O) groups is 4. The second-order valence-corrected chi connectivity index (χ2v) is 28.6. The Balaban J connectivity index is 5.24. The van der Waals surface area contributed by atoms with Crippen LogP contribution in [0, 0.1) is 23.7 Å². The molecule has 0 amide bonds. The Morgan fingerprint density at radius 2 is 0.558 bits per heavy atom. The van der Waals surface area contributed by atoms with E-state index in [9.17, 15) is 43.2 Å². The van der Waals surface area contributed by atoms with Crippen LogP contribution in [0.4, 0.5) is 0 Å². The molecule has 86 heavy (non-hydrogen) atoms. The topological polar surface area (TPSA) is 237 Å². The molecule has 0 rings (SSSR count). The Kier molecular flexibility index (Phi) is 55.7. The number of phosphoric ester groups is 2. The Morgan fingerprint density at radius 1 is 0.326 bits per heavy atom. The van der Waals surface area contributed by atoms with Crippen molar-refractivity contribution in [3.63, 3.8) is 0 Å². The minimum Gasteiger partial charge on any atom is -0.462 e. The molecule has 0 heterocycles. The smallest absolute Gasteiger partial charge is 0.462 e. The van der Waals surface area contributed by atoms with E-state index in [0.717, 1.165) is 114 Å². The molecular formula is C67H130O17P2. The van der Waals surface area contributed by atoms with E-state index in [1.165, 1.54) is 122 Å². The molecule has 3 N–H and O–H groups in total. The summed E-state index contributed by atoms with van der Waals surface area (Å²) in [5, 5.41) is 10.6. The summed E-state index contributed by atoms with van der Waals surface area (Å²) in [6, 6.07) is 0. The predicted octanol–water partition coefficient (Wildman–Crippen LogP) is 18.5. The summed E-state index contributed by atoms with van der Waals surface area (Å²) in [6.07, 6.45) is 37.7. The molecule has 7 atom stereocenters. The fourth-order valence-electron chi connectivity index (χ4n) is 9.89. The highest BCUT2D eigenvalue weighted by atomic mass is 31.2. The van der Waals surface area contributed by atoms with Gasteiger partial charge in [0.25, 0.3) is 0 Å². The lowest BCUT2D eigenvalue weighted by Gasteiger charge is -2.21. The quantitative estimate of drug-likeness (QED) is 0.0222. The Morgan fingerprint density at radius 3 is 0.826 bits per heavy atom. The molecule has 19 heteroatoms. The zero-order valence-corrected chi connectivity index (χ0v) is 57.7. The summed E-state index contributed by atoms with van der Waals surface area (Å²) in [5.41, 5.74) is 0. The van der Waals surface area contributed by atoms with Crippen LogP contribution in [-0.2, 0) is 65.4 Å². The van der Waals surface area contributed by atoms with Crippen LogP contribution >= 0.6 is 15.6 Å². The molecule has 0 aromatic rings. The summed E-state index contributed by atoms with van der Waals surface area (Å²) < 4.78 is 68.1. The highest BCUT2D eigenvalue weighted by molar-refractivity contribution is 7.47. The highest BCUT2D eigenvalue weighted by Crippen LogP contribution is 2.45. The summed E-state index contributed by atoms with van der Waals surface area (Å²) in [4.78, 5) is 72.3. The fraction of sp³-hybridized carbons (Fsp3) is 0.940. The molecule has 0 fully saturated rings. The number of ether oxygens (including phenoxy) is 4. The Bertz CT molecular complexity index is 1720. The van der Waals surface area contributed by atoms with Crippen molar-refractivity contribution >= 4 is 39.5 Å². The monoisotopic (exact) mass is 1270 g/mol. The minimum atomic E-state index is -4.95. The number of unbranched alkanes of at least 4 members (excludes halogenated alkanes) is 28. The first-order valence-electron chi connectivity index (χ1n) is 34.8. The minimum absolute atomic E-state index is 0.101. The molecule has 0 aliphatic carbocycles. The number of carbonyl (C=O) groups excluding carboxylic acids is 4. The third-order valence-corrected chi connectivity index (χ3v) is 17.9. The van der Waals surface area contributed by atoms with Crippen LogP contribution in [0.2, 0.25) is 0 Å². The van der Waals surface area contributed by atoms with E-state index in [1.54, 1.807) is 0 Å². The number of hydrogen-bond donors (Lipinski definition) is 3. The van der Waals surface area contributed by atoms with Crippen molar-refractivity contribution < 1.29 is 80.2 Å². The number of aliphatic hydroxyl groups excluding tert-OH is 1. The zero-order chi connectivity index (χ0) is 63.9. The van der Waals surface area contributed by atoms with Crippen molar-refractivity contribution in [2.75, 3.05) is 39.6 Å². The van der Waals surface area contributed by atoms with Crippen molar-refractivity contribution in [1.29, 1.82) is 0 Å². The lowest BCUT2D eigenvalue weighted by Crippen LogP contribution is -2.30. The number of esters is 4. The van der Waals surface area contributed by atoms with Crippen molar-refractivity contribution in [3.8, 4) is 0 Å². The first kappa shape index (κ1) is 84.1. The zero-order valence-electron chi connectivity index (χ0n) is 55.9. The Hall–Kier alpha value is -1.94. The normalized spacial score (nSPS) is 15.0. The van der Waals surface area contributed by atoms with Crippen LogP contribution in [-0.4, -0.2) is 96.7 Å². The SMILES string of the molecule is CCC(C)CCCCCCCCCCCCC(=O)OC[C@H](COP(=O)(O)OC[C@@H](O)COP(=O)(O)OC[C@@H](COC(=O)CCCCCCCCC(C)CC)OC(=O)CCCCCCCCCCCCC(C)C)OC(=O)CCCCCCCCC(C)C. The van der Waals surface area contributed by atoms with E-state index in [0.29, 0.717) is 31.6 Å². The van der Waals surface area contributed by atoms with E-state index in [1.807, 2.05) is 0 Å². The molecule has 0 aromatic carbocycles. The van der Waals surface area contributed by atoms with Gasteiger partial charge in [-0.2, -0.15) is 0 Å². The summed E-state index contributed by atoms with van der Waals surface area (Å²) >= 11 is 0. The maximum Gasteiger partial charge on any atom is 0.472 e. The van der Waals surface area contributed by atoms with Gasteiger partial charge in [0.2, 0.25) is 0 Å². The third kappa shape index (κ3) is 58.4. The average Bonchev–Trinajstić information content (AvgIpc) is 3.69. The number of hydrogen-bond acceptors (Lipinski definition) is 15. The molecule has 0 spiro atoms. The van der Waals surface area contributed by atoms with Crippen molar-refractivity contribution in [1.82, 2.24) is 0 Å². The molecule has 0 radical (unpaired) electrons. The second-order valence-electron chi connectivity index (χ2n) is 25.6. The predicted molar refractivity (Wildman–Crippen MR) is 344 cm³/mol. The van der Waals surface area contributed by atoms with Crippen molar-refractivity contribution in [2.45, 2.75) is 343 Å². The standard InChI is InChI=1S/C67H130O17P2/c1-9-59(7)45-37-29-20-16-12-14-17-21-31-39-47-64(69)77-53-63(84-67(72)50-42-34-25-23-28-36-44-58(5)6)56-82-86(75,76)80-52-61(68)51-79-85(73,74)81-55-62(54-78-65(70)48-40-32-26-24-30-38-46-60(8)10-2)83-66(71)49-41-33-22-18-13-11-15-19-27-35-43-57(3)4/h57-63,68H,9-56H2,1-8H3,(H,73,74)(H,75,76)/t59?,60?,61-,62+,63+/m0/s1. The van der Waals surface area contributed by atoms with Gasteiger partial charge in [0.15, 0.2) is 12.2 Å². The molecule has 510 valence electrons. The van der Waals surface area contributed by atoms with E-state index in [4.69, 9.17) is 37.0 Å². The van der Waals surface area contributed by atoms with Gasteiger partial charge in [-0.05, 0) is 49.4 Å². The van der Waals surface area contributed by atoms with Gasteiger partial charge in [-0.25, -0.2) is 9.13 Å². The van der Waals surface area contributed by atoms with Gasteiger partial charge >= 0.3 is 39.5 Å². The van der Waals surface area contributed by atoms with Crippen LogP contribution in [0.5, 0.6) is 0 Å². The summed E-state index contributed by atoms with van der Waals surface area (Å²) in [5.74, 6) is 0.823. The molecule has 0 bridgehead atoms. The van der Waals surface area contributed by atoms with Gasteiger partial charge in [0.05, 0.1) is 26.4 Å².